The van der Waals surface area contributed by atoms with Gasteiger partial charge in [-0.15, -0.1) is 0 Å². The van der Waals surface area contributed by atoms with Crippen molar-refractivity contribution in [2.75, 3.05) is 9.80 Å². The molecule has 0 amide bonds. The van der Waals surface area contributed by atoms with Gasteiger partial charge in [0.1, 0.15) is 0 Å². The van der Waals surface area contributed by atoms with Crippen LogP contribution in [-0.4, -0.2) is 12.1 Å². The topological polar surface area (TPSA) is 6.48 Å². The first-order chi connectivity index (χ1) is 31.3. The molecular weight excluding hydrogens is 761 g/mol. The van der Waals surface area contributed by atoms with Crippen molar-refractivity contribution in [2.45, 2.75) is 49.6 Å². The number of rotatable bonds is 8. The molecule has 9 aliphatic carbocycles. The van der Waals surface area contributed by atoms with Gasteiger partial charge in [0, 0.05) is 40.5 Å². The molecule has 0 radical (unpaired) electrons. The summed E-state index contributed by atoms with van der Waals surface area (Å²) in [4.78, 5) is 5.50. The quantitative estimate of drug-likeness (QED) is 0.209. The Hall–Kier alpha value is -6.12. The van der Waals surface area contributed by atoms with E-state index in [2.05, 4.69) is 241 Å². The summed E-state index contributed by atoms with van der Waals surface area (Å²) in [5.74, 6) is 3.79. The Labute approximate surface area is 375 Å². The number of benzene rings is 3. The van der Waals surface area contributed by atoms with E-state index in [1.54, 1.807) is 0 Å². The van der Waals surface area contributed by atoms with Gasteiger partial charge in [-0.1, -0.05) is 200 Å². The predicted octanol–water partition coefficient (Wildman–Crippen LogP) is 14.1. The van der Waals surface area contributed by atoms with Gasteiger partial charge >= 0.3 is 0 Å². The molecule has 9 aliphatic rings. The number of hydrogen-bond donors (Lipinski definition) is 0. The lowest BCUT2D eigenvalue weighted by Gasteiger charge is -2.48. The first-order valence-corrected chi connectivity index (χ1v) is 23.9. The molecule has 0 heterocycles. The van der Waals surface area contributed by atoms with Gasteiger partial charge in [-0.25, -0.2) is 0 Å². The molecule has 0 bridgehead atoms. The highest BCUT2D eigenvalue weighted by Gasteiger charge is 2.70. The number of allylic oxidation sites excluding steroid dienone is 22. The molecule has 0 saturated heterocycles. The Morgan fingerprint density at radius 2 is 1.19 bits per heavy atom. The van der Waals surface area contributed by atoms with Gasteiger partial charge in [0.2, 0.25) is 0 Å². The standard InChI is InChI=1S/C61H58N2/c1-5-22-43(23-6-1)48-30-15-19-37-57(48)62(45-26-9-3-10-27-45)47-40-41-51-50-32-13-17-34-53(50)61(56(51)42-47)54-35-18-14-33-52(54)60-55(61)36-21-39-59(60)63(46-28-11-4-12-29-46)58-38-20-16-31-49(58)44-24-7-2-8-25-44/h1-15,17-22,24-26,28-30,32-43,45,49-56,58,60H,16,23,27,31H2. The van der Waals surface area contributed by atoms with Crippen LogP contribution in [0.15, 0.2) is 242 Å². The van der Waals surface area contributed by atoms with Crippen LogP contribution in [0.1, 0.15) is 48.6 Å². The molecule has 1 spiro atoms. The SMILES string of the molecule is C1=CCC(c2ccccc2N(C2=CC3C(C=C2)C2C=CC=CC2C32C3C=CC=CC3C3C(N(c4ccccc4)C4C=CCCC4c4ccccc4)=CC=CC32)C2C=CC=CC2)C=C1. The molecule has 13 atom stereocenters. The van der Waals surface area contributed by atoms with E-state index in [0.717, 1.165) is 25.7 Å². The van der Waals surface area contributed by atoms with E-state index in [9.17, 15) is 0 Å². The van der Waals surface area contributed by atoms with Crippen molar-refractivity contribution < 1.29 is 0 Å². The maximum Gasteiger partial charge on any atom is 0.0587 e. The second kappa shape index (κ2) is 16.2. The van der Waals surface area contributed by atoms with E-state index < -0.39 is 0 Å². The number of fused-ring (bicyclic) bond motifs is 10. The van der Waals surface area contributed by atoms with Gasteiger partial charge < -0.3 is 9.80 Å². The van der Waals surface area contributed by atoms with Gasteiger partial charge in [0.15, 0.2) is 0 Å². The highest BCUT2D eigenvalue weighted by Crippen LogP contribution is 2.74. The zero-order valence-electron chi connectivity index (χ0n) is 36.1. The van der Waals surface area contributed by atoms with Crippen LogP contribution >= 0.6 is 0 Å². The van der Waals surface area contributed by atoms with Crippen LogP contribution in [0.4, 0.5) is 11.4 Å². The Morgan fingerprint density at radius 1 is 0.508 bits per heavy atom. The normalized spacial score (nSPS) is 35.9. The zero-order chi connectivity index (χ0) is 41.7. The van der Waals surface area contributed by atoms with Gasteiger partial charge in [0.25, 0.3) is 0 Å². The van der Waals surface area contributed by atoms with Crippen LogP contribution in [0.5, 0.6) is 0 Å². The van der Waals surface area contributed by atoms with Crippen LogP contribution in [0.3, 0.4) is 0 Å². The fourth-order valence-electron chi connectivity index (χ4n) is 14.2. The summed E-state index contributed by atoms with van der Waals surface area (Å²) in [6.07, 6.45) is 63.3. The van der Waals surface area contributed by atoms with Gasteiger partial charge in [-0.05, 0) is 114 Å². The number of anilines is 2. The van der Waals surface area contributed by atoms with E-state index in [1.165, 1.54) is 33.9 Å². The van der Waals surface area contributed by atoms with E-state index in [4.69, 9.17) is 0 Å². The summed E-state index contributed by atoms with van der Waals surface area (Å²) in [6, 6.07) is 32.4. The minimum atomic E-state index is -0.0345. The molecule has 12 rings (SSSR count). The van der Waals surface area contributed by atoms with Gasteiger partial charge in [-0.3, -0.25) is 0 Å². The number of nitrogens with zero attached hydrogens (tertiary/aromatic N) is 2. The summed E-state index contributed by atoms with van der Waals surface area (Å²) in [6.45, 7) is 0. The van der Waals surface area contributed by atoms with E-state index in [0.29, 0.717) is 59.2 Å². The van der Waals surface area contributed by atoms with E-state index in [1.807, 2.05) is 0 Å². The molecule has 0 aliphatic heterocycles. The van der Waals surface area contributed by atoms with Crippen molar-refractivity contribution in [3.05, 3.63) is 253 Å². The third-order valence-corrected chi connectivity index (χ3v) is 16.5. The Bertz CT molecular complexity index is 2620. The third kappa shape index (κ3) is 6.27. The average molecular weight is 819 g/mol. The largest absolute Gasteiger partial charge is 0.337 e. The number of para-hydroxylation sites is 2. The molecular formula is C61H58N2. The van der Waals surface area contributed by atoms with Crippen LogP contribution in [0.25, 0.3) is 0 Å². The predicted molar refractivity (Wildman–Crippen MR) is 263 cm³/mol. The minimum absolute atomic E-state index is 0.0345. The van der Waals surface area contributed by atoms with E-state index >= 15 is 0 Å². The maximum atomic E-state index is 2.80. The molecule has 13 unspecified atom stereocenters. The van der Waals surface area contributed by atoms with Crippen LogP contribution in [-0.2, 0) is 0 Å². The summed E-state index contributed by atoms with van der Waals surface area (Å²) >= 11 is 0. The summed E-state index contributed by atoms with van der Waals surface area (Å²) in [5, 5.41) is 0. The Kier molecular flexibility index (Phi) is 9.92. The van der Waals surface area contributed by atoms with Crippen LogP contribution in [0.2, 0.25) is 0 Å². The zero-order valence-corrected chi connectivity index (χ0v) is 36.1. The molecule has 2 nitrogen and oxygen atoms in total. The van der Waals surface area contributed by atoms with Crippen molar-refractivity contribution >= 4 is 11.4 Å². The van der Waals surface area contributed by atoms with Gasteiger partial charge in [-0.2, -0.15) is 0 Å². The summed E-state index contributed by atoms with van der Waals surface area (Å²) < 4.78 is 0. The lowest BCUT2D eigenvalue weighted by atomic mass is 9.57. The minimum Gasteiger partial charge on any atom is -0.337 e. The first kappa shape index (κ1) is 38.5. The molecule has 3 aromatic carbocycles. The lowest BCUT2D eigenvalue weighted by molar-refractivity contribution is 0.0885. The smallest absolute Gasteiger partial charge is 0.0587 e. The molecule has 63 heavy (non-hydrogen) atoms. The Morgan fingerprint density at radius 3 is 1.98 bits per heavy atom. The second-order valence-electron chi connectivity index (χ2n) is 19.2. The van der Waals surface area contributed by atoms with Crippen molar-refractivity contribution in [3.8, 4) is 0 Å². The third-order valence-electron chi connectivity index (χ3n) is 16.5. The summed E-state index contributed by atoms with van der Waals surface area (Å²) in [7, 11) is 0. The highest BCUT2D eigenvalue weighted by atomic mass is 15.2. The molecule has 3 aromatic rings. The van der Waals surface area contributed by atoms with Crippen LogP contribution in [0, 0.1) is 52.8 Å². The summed E-state index contributed by atoms with van der Waals surface area (Å²) in [5.41, 5.74) is 8.28. The molecule has 0 N–H and O–H groups in total. The Balaban J connectivity index is 1.01. The maximum absolute atomic E-state index is 2.80. The van der Waals surface area contributed by atoms with Crippen molar-refractivity contribution in [1.82, 2.24) is 0 Å². The molecule has 2 heteroatoms. The second-order valence-corrected chi connectivity index (χ2v) is 19.2. The fraction of sp³-hybridized carbons (Fsp3) is 0.279. The van der Waals surface area contributed by atoms with Gasteiger partial charge in [0.05, 0.1) is 12.1 Å². The van der Waals surface area contributed by atoms with Crippen LogP contribution < -0.4 is 9.80 Å². The fourth-order valence-corrected chi connectivity index (χ4v) is 14.2. The average Bonchev–Trinajstić information content (AvgIpc) is 3.83. The number of hydrogen-bond acceptors (Lipinski definition) is 2. The molecule has 0 aromatic heterocycles. The molecule has 312 valence electrons. The molecule has 2 fully saturated rings. The lowest BCUT2D eigenvalue weighted by Crippen LogP contribution is -2.46. The molecule has 2 saturated carbocycles. The van der Waals surface area contributed by atoms with Crippen molar-refractivity contribution in [2.24, 2.45) is 52.8 Å². The van der Waals surface area contributed by atoms with Crippen molar-refractivity contribution in [3.63, 3.8) is 0 Å². The highest BCUT2D eigenvalue weighted by molar-refractivity contribution is 5.65. The first-order valence-electron chi connectivity index (χ1n) is 23.9. The monoisotopic (exact) mass is 818 g/mol. The van der Waals surface area contributed by atoms with E-state index in [-0.39, 0.29) is 17.5 Å². The van der Waals surface area contributed by atoms with Crippen molar-refractivity contribution in [1.29, 1.82) is 0 Å².